The van der Waals surface area contributed by atoms with E-state index >= 15 is 0 Å². The van der Waals surface area contributed by atoms with Crippen molar-refractivity contribution in [2.75, 3.05) is 26.8 Å². The van der Waals surface area contributed by atoms with Gasteiger partial charge in [-0.25, -0.2) is 0 Å². The van der Waals surface area contributed by atoms with Gasteiger partial charge in [-0.05, 0) is 31.7 Å². The number of rotatable bonds is 2. The lowest BCUT2D eigenvalue weighted by Gasteiger charge is -2.47. The summed E-state index contributed by atoms with van der Waals surface area (Å²) in [6.45, 7) is 8.48. The topological polar surface area (TPSA) is 67.5 Å². The molecular weight excluding hydrogens is 306 g/mol. The number of amides is 1. The van der Waals surface area contributed by atoms with Crippen LogP contribution in [0.4, 0.5) is 0 Å². The summed E-state index contributed by atoms with van der Waals surface area (Å²) in [5.41, 5.74) is 1.23. The Labute approximate surface area is 143 Å². The minimum atomic E-state index is -0.216. The van der Waals surface area contributed by atoms with Gasteiger partial charge >= 0.3 is 0 Å². The molecule has 2 saturated heterocycles. The van der Waals surface area contributed by atoms with Crippen molar-refractivity contribution in [1.82, 2.24) is 15.1 Å². The van der Waals surface area contributed by atoms with E-state index in [1.54, 1.807) is 7.11 Å². The number of ether oxygens (including phenoxy) is 2. The van der Waals surface area contributed by atoms with Gasteiger partial charge in [0.15, 0.2) is 0 Å². The third kappa shape index (κ3) is 3.22. The van der Waals surface area contributed by atoms with Crippen LogP contribution in [-0.4, -0.2) is 59.5 Å². The molecule has 2 fully saturated rings. The van der Waals surface area contributed by atoms with Gasteiger partial charge in [-0.1, -0.05) is 20.8 Å². The molecule has 134 valence electrons. The summed E-state index contributed by atoms with van der Waals surface area (Å²) < 4.78 is 11.8. The molecule has 0 aromatic carbocycles. The van der Waals surface area contributed by atoms with Gasteiger partial charge in [-0.3, -0.25) is 9.89 Å². The Morgan fingerprint density at radius 2 is 2.12 bits per heavy atom. The van der Waals surface area contributed by atoms with Gasteiger partial charge in [0.25, 0.3) is 5.91 Å². The quantitative estimate of drug-likeness (QED) is 0.902. The Morgan fingerprint density at radius 1 is 1.42 bits per heavy atom. The first kappa shape index (κ1) is 17.4. The number of hydrogen-bond donors (Lipinski definition) is 1. The van der Waals surface area contributed by atoms with E-state index < -0.39 is 0 Å². The van der Waals surface area contributed by atoms with Crippen LogP contribution in [0.15, 0.2) is 6.07 Å². The molecule has 1 amide bonds. The lowest BCUT2D eigenvalue weighted by Crippen LogP contribution is -2.56. The molecule has 3 heterocycles. The number of carbonyl (C=O) groups excluding carboxylic acids is 1. The Bertz CT molecular complexity index is 583. The highest BCUT2D eigenvalue weighted by molar-refractivity contribution is 5.92. The van der Waals surface area contributed by atoms with Crippen LogP contribution in [0.1, 0.15) is 62.6 Å². The second-order valence-corrected chi connectivity index (χ2v) is 7.99. The fraction of sp³-hybridized carbons (Fsp3) is 0.778. The van der Waals surface area contributed by atoms with E-state index in [0.717, 1.165) is 38.0 Å². The van der Waals surface area contributed by atoms with Gasteiger partial charge in [0.05, 0.1) is 11.7 Å². The monoisotopic (exact) mass is 335 g/mol. The number of piperidine rings is 1. The van der Waals surface area contributed by atoms with Gasteiger partial charge in [0.2, 0.25) is 0 Å². The molecule has 2 aliphatic rings. The smallest absolute Gasteiger partial charge is 0.274 e. The summed E-state index contributed by atoms with van der Waals surface area (Å²) in [5.74, 6) is 0.00127. The molecule has 0 unspecified atom stereocenters. The molecule has 1 spiro atoms. The number of methoxy groups -OCH3 is 1. The molecule has 6 nitrogen and oxygen atoms in total. The van der Waals surface area contributed by atoms with E-state index in [0.29, 0.717) is 18.8 Å². The number of nitrogens with zero attached hydrogens (tertiary/aromatic N) is 2. The molecule has 1 N–H and O–H groups in total. The lowest BCUT2D eigenvalue weighted by molar-refractivity contribution is -0.183. The minimum absolute atomic E-state index is 0.00127. The summed E-state index contributed by atoms with van der Waals surface area (Å²) in [7, 11) is 1.76. The Balaban J connectivity index is 1.66. The number of H-pyrrole nitrogens is 1. The maximum Gasteiger partial charge on any atom is 0.274 e. The van der Waals surface area contributed by atoms with Crippen LogP contribution in [0.5, 0.6) is 0 Å². The zero-order valence-corrected chi connectivity index (χ0v) is 15.2. The molecule has 0 aliphatic carbocycles. The van der Waals surface area contributed by atoms with E-state index in [1.807, 2.05) is 11.0 Å². The van der Waals surface area contributed by atoms with Crippen LogP contribution in [0.2, 0.25) is 0 Å². The largest absolute Gasteiger partial charge is 0.378 e. The second-order valence-electron chi connectivity index (χ2n) is 7.99. The van der Waals surface area contributed by atoms with Crippen LogP contribution >= 0.6 is 0 Å². The number of aromatic nitrogens is 2. The Hall–Kier alpha value is -1.40. The first-order chi connectivity index (χ1) is 11.4. The SMILES string of the molecule is CO[C@H]1CCCOC12CCN(C(=O)c1cc(C(C)(C)C)[nH]n1)CC2. The van der Waals surface area contributed by atoms with Crippen molar-refractivity contribution >= 4 is 5.91 Å². The summed E-state index contributed by atoms with van der Waals surface area (Å²) in [6, 6.07) is 1.88. The van der Waals surface area contributed by atoms with Crippen molar-refractivity contribution < 1.29 is 14.3 Å². The lowest BCUT2D eigenvalue weighted by atomic mass is 9.81. The minimum Gasteiger partial charge on any atom is -0.378 e. The van der Waals surface area contributed by atoms with Crippen molar-refractivity contribution in [2.45, 2.75) is 63.6 Å². The van der Waals surface area contributed by atoms with Gasteiger partial charge in [-0.15, -0.1) is 0 Å². The summed E-state index contributed by atoms with van der Waals surface area (Å²) in [6.07, 6.45) is 3.88. The van der Waals surface area contributed by atoms with Gasteiger partial charge < -0.3 is 14.4 Å². The standard InChI is InChI=1S/C18H29N3O3/c1-17(2,3)14-12-13(19-20-14)16(22)21-9-7-18(8-10-21)15(23-4)6-5-11-24-18/h12,15H,5-11H2,1-4H3,(H,19,20)/t15-/m0/s1. The Morgan fingerprint density at radius 3 is 2.71 bits per heavy atom. The van der Waals surface area contributed by atoms with E-state index in [2.05, 4.69) is 31.0 Å². The highest BCUT2D eigenvalue weighted by Gasteiger charge is 2.45. The van der Waals surface area contributed by atoms with Crippen molar-refractivity contribution in [1.29, 1.82) is 0 Å². The predicted molar refractivity (Wildman–Crippen MR) is 91.1 cm³/mol. The van der Waals surface area contributed by atoms with Crippen LogP contribution < -0.4 is 0 Å². The van der Waals surface area contributed by atoms with E-state index in [9.17, 15) is 4.79 Å². The van der Waals surface area contributed by atoms with Crippen molar-refractivity contribution in [2.24, 2.45) is 0 Å². The van der Waals surface area contributed by atoms with Crippen molar-refractivity contribution in [3.8, 4) is 0 Å². The molecule has 24 heavy (non-hydrogen) atoms. The third-order valence-electron chi connectivity index (χ3n) is 5.37. The van der Waals surface area contributed by atoms with Gasteiger partial charge in [-0.2, -0.15) is 5.10 Å². The zero-order valence-electron chi connectivity index (χ0n) is 15.2. The average molecular weight is 335 g/mol. The first-order valence-electron chi connectivity index (χ1n) is 8.88. The Kier molecular flexibility index (Phi) is 4.71. The molecule has 0 radical (unpaired) electrons. The summed E-state index contributed by atoms with van der Waals surface area (Å²) >= 11 is 0. The van der Waals surface area contributed by atoms with Gasteiger partial charge in [0.1, 0.15) is 5.69 Å². The van der Waals surface area contributed by atoms with Crippen LogP contribution in [0.3, 0.4) is 0 Å². The second kappa shape index (κ2) is 6.48. The number of likely N-dealkylation sites (tertiary alicyclic amines) is 1. The molecule has 1 aromatic rings. The van der Waals surface area contributed by atoms with Crippen molar-refractivity contribution in [3.63, 3.8) is 0 Å². The molecule has 6 heteroatoms. The fourth-order valence-corrected chi connectivity index (χ4v) is 3.76. The molecular formula is C18H29N3O3. The molecule has 3 rings (SSSR count). The van der Waals surface area contributed by atoms with E-state index in [-0.39, 0.29) is 23.0 Å². The zero-order chi connectivity index (χ0) is 17.4. The number of hydrogen-bond acceptors (Lipinski definition) is 4. The number of carbonyl (C=O) groups is 1. The molecule has 2 aliphatic heterocycles. The van der Waals surface area contributed by atoms with E-state index in [1.165, 1.54) is 0 Å². The molecule has 1 atom stereocenters. The normalized spacial score (nSPS) is 24.3. The number of aromatic amines is 1. The highest BCUT2D eigenvalue weighted by atomic mass is 16.5. The maximum absolute atomic E-state index is 12.7. The summed E-state index contributed by atoms with van der Waals surface area (Å²) in [4.78, 5) is 14.6. The highest BCUT2D eigenvalue weighted by Crippen LogP contribution is 2.37. The van der Waals surface area contributed by atoms with E-state index in [4.69, 9.17) is 9.47 Å². The van der Waals surface area contributed by atoms with Gasteiger partial charge in [0, 0.05) is 37.9 Å². The molecule has 0 bridgehead atoms. The summed E-state index contributed by atoms with van der Waals surface area (Å²) in [5, 5.41) is 7.22. The van der Waals surface area contributed by atoms with Crippen LogP contribution in [0.25, 0.3) is 0 Å². The predicted octanol–water partition coefficient (Wildman–Crippen LogP) is 2.51. The van der Waals surface area contributed by atoms with Crippen LogP contribution in [-0.2, 0) is 14.9 Å². The maximum atomic E-state index is 12.7. The first-order valence-corrected chi connectivity index (χ1v) is 8.88. The molecule has 1 aromatic heterocycles. The van der Waals surface area contributed by atoms with Crippen LogP contribution in [0, 0.1) is 0 Å². The molecule has 0 saturated carbocycles. The van der Waals surface area contributed by atoms with Crippen molar-refractivity contribution in [3.05, 3.63) is 17.5 Å². The number of nitrogens with one attached hydrogen (secondary N) is 1. The average Bonchev–Trinajstić information content (AvgIpc) is 3.06. The fourth-order valence-electron chi connectivity index (χ4n) is 3.76. The third-order valence-corrected chi connectivity index (χ3v) is 5.37.